The van der Waals surface area contributed by atoms with Crippen molar-refractivity contribution < 1.29 is 4.74 Å². The Labute approximate surface area is 197 Å². The van der Waals surface area contributed by atoms with Crippen molar-refractivity contribution in [2.45, 2.75) is 25.7 Å². The minimum atomic E-state index is 0.543. The molecule has 3 rings (SSSR count). The molecule has 0 radical (unpaired) electrons. The van der Waals surface area contributed by atoms with Crippen LogP contribution in [0, 0.1) is 35.0 Å². The van der Waals surface area contributed by atoms with E-state index in [1.165, 1.54) is 0 Å². The average molecular weight is 433 g/mol. The molecule has 3 aromatic carbocycles. The van der Waals surface area contributed by atoms with Gasteiger partial charge in [-0.25, -0.2) is 0 Å². The number of anilines is 1. The van der Waals surface area contributed by atoms with Crippen LogP contribution in [0.4, 0.5) is 5.69 Å². The fraction of sp³-hybridized carbons (Fsp3) is 0.233. The largest absolute Gasteiger partial charge is 0.491 e. The summed E-state index contributed by atoms with van der Waals surface area (Å²) < 4.78 is 6.11. The number of ether oxygens (including phenoxy) is 1. The van der Waals surface area contributed by atoms with E-state index in [1.54, 1.807) is 0 Å². The summed E-state index contributed by atoms with van der Waals surface area (Å²) in [5, 5.41) is 8.68. The predicted molar refractivity (Wildman–Crippen MR) is 135 cm³/mol. The van der Waals surface area contributed by atoms with Gasteiger partial charge in [0.05, 0.1) is 31.5 Å². The van der Waals surface area contributed by atoms with Crippen LogP contribution in [-0.4, -0.2) is 19.7 Å². The molecule has 3 nitrogen and oxygen atoms in total. The van der Waals surface area contributed by atoms with Gasteiger partial charge in [-0.3, -0.25) is 0 Å². The summed E-state index contributed by atoms with van der Waals surface area (Å²) in [6.45, 7) is 1.71. The van der Waals surface area contributed by atoms with Crippen molar-refractivity contribution in [1.82, 2.24) is 0 Å². The van der Waals surface area contributed by atoms with E-state index in [2.05, 4.69) is 40.7 Å². The molecule has 0 bridgehead atoms. The lowest BCUT2D eigenvalue weighted by Crippen LogP contribution is -2.24. The zero-order chi connectivity index (χ0) is 23.0. The maximum atomic E-state index is 8.68. The van der Waals surface area contributed by atoms with Gasteiger partial charge in [-0.15, -0.1) is 0 Å². The molecule has 3 heteroatoms. The molecule has 0 atom stereocenters. The Morgan fingerprint density at radius 2 is 1.24 bits per heavy atom. The van der Waals surface area contributed by atoms with Gasteiger partial charge in [0.25, 0.3) is 0 Å². The van der Waals surface area contributed by atoms with Crippen molar-refractivity contribution in [3.8, 4) is 35.5 Å². The maximum Gasteiger partial charge on any atom is 0.142 e. The summed E-state index contributed by atoms with van der Waals surface area (Å²) in [6, 6.07) is 30.2. The Hall–Kier alpha value is -4.13. The van der Waals surface area contributed by atoms with Gasteiger partial charge in [0, 0.05) is 17.5 Å². The summed E-state index contributed by atoms with van der Waals surface area (Å²) in [5.74, 6) is 13.9. The van der Waals surface area contributed by atoms with E-state index in [0.717, 1.165) is 41.8 Å². The molecule has 0 aromatic heterocycles. The van der Waals surface area contributed by atoms with Crippen LogP contribution in [-0.2, 0) is 0 Å². The number of nitrogens with zero attached hydrogens (tertiary/aromatic N) is 2. The molecule has 164 valence electrons. The Morgan fingerprint density at radius 1 is 0.667 bits per heavy atom. The second-order valence-electron chi connectivity index (χ2n) is 7.48. The van der Waals surface area contributed by atoms with Crippen molar-refractivity contribution in [3.05, 3.63) is 96.1 Å². The first-order valence-electron chi connectivity index (χ1n) is 11.3. The van der Waals surface area contributed by atoms with Gasteiger partial charge in [0.1, 0.15) is 5.75 Å². The molecule has 0 saturated heterocycles. The minimum Gasteiger partial charge on any atom is -0.491 e. The van der Waals surface area contributed by atoms with Gasteiger partial charge >= 0.3 is 0 Å². The van der Waals surface area contributed by atoms with Crippen LogP contribution in [0.5, 0.6) is 5.75 Å². The molecular formula is C30H28N2O. The second-order valence-corrected chi connectivity index (χ2v) is 7.48. The number of para-hydroxylation sites is 2. The van der Waals surface area contributed by atoms with Crippen molar-refractivity contribution >= 4 is 5.69 Å². The predicted octanol–water partition coefficient (Wildman–Crippen LogP) is 6.06. The van der Waals surface area contributed by atoms with Crippen molar-refractivity contribution in [1.29, 1.82) is 5.26 Å². The lowest BCUT2D eigenvalue weighted by atomic mass is 10.2. The molecule has 0 saturated carbocycles. The zero-order valence-corrected chi connectivity index (χ0v) is 18.8. The summed E-state index contributed by atoms with van der Waals surface area (Å²) in [4.78, 5) is 2.15. The smallest absolute Gasteiger partial charge is 0.142 e. The topological polar surface area (TPSA) is 36.3 Å². The van der Waals surface area contributed by atoms with Crippen LogP contribution in [0.1, 0.15) is 36.8 Å². The summed E-state index contributed by atoms with van der Waals surface area (Å²) in [5.41, 5.74) is 2.98. The number of unbranched alkanes of at least 4 members (excludes halogenated alkanes) is 3. The molecular weight excluding hydrogens is 404 g/mol. The summed E-state index contributed by atoms with van der Waals surface area (Å²) in [6.07, 6.45) is 3.44. The van der Waals surface area contributed by atoms with E-state index < -0.39 is 0 Å². The SMILES string of the molecule is N#CCCCCCOc1ccccc1N(CC#Cc1ccccc1)CC#Cc1ccccc1. The van der Waals surface area contributed by atoms with Crippen LogP contribution in [0.3, 0.4) is 0 Å². The number of rotatable bonds is 9. The number of hydrogen-bond acceptors (Lipinski definition) is 3. The molecule has 3 aromatic rings. The monoisotopic (exact) mass is 432 g/mol. The first-order valence-corrected chi connectivity index (χ1v) is 11.3. The summed E-state index contributed by atoms with van der Waals surface area (Å²) >= 11 is 0. The molecule has 0 aliphatic carbocycles. The van der Waals surface area contributed by atoms with E-state index in [0.29, 0.717) is 26.1 Å². The normalized spacial score (nSPS) is 9.55. The van der Waals surface area contributed by atoms with E-state index in [4.69, 9.17) is 10.00 Å². The maximum absolute atomic E-state index is 8.68. The van der Waals surface area contributed by atoms with Crippen LogP contribution in [0.25, 0.3) is 0 Å². The minimum absolute atomic E-state index is 0.543. The molecule has 0 unspecified atom stereocenters. The van der Waals surface area contributed by atoms with Crippen LogP contribution in [0.2, 0.25) is 0 Å². The van der Waals surface area contributed by atoms with Gasteiger partial charge in [0.15, 0.2) is 0 Å². The van der Waals surface area contributed by atoms with Crippen molar-refractivity contribution in [3.63, 3.8) is 0 Å². The van der Waals surface area contributed by atoms with E-state index >= 15 is 0 Å². The third-order valence-electron chi connectivity index (χ3n) is 4.95. The molecule has 0 N–H and O–H groups in total. The summed E-state index contributed by atoms with van der Waals surface area (Å²) in [7, 11) is 0. The quantitative estimate of drug-likeness (QED) is 0.305. The molecule has 0 fully saturated rings. The second kappa shape index (κ2) is 14.0. The van der Waals surface area contributed by atoms with E-state index in [1.807, 2.05) is 78.9 Å². The highest BCUT2D eigenvalue weighted by molar-refractivity contribution is 5.60. The highest BCUT2D eigenvalue weighted by atomic mass is 16.5. The number of hydrogen-bond donors (Lipinski definition) is 0. The van der Waals surface area contributed by atoms with Crippen LogP contribution < -0.4 is 9.64 Å². The van der Waals surface area contributed by atoms with Gasteiger partial charge in [-0.2, -0.15) is 5.26 Å². The first kappa shape index (κ1) is 23.5. The third kappa shape index (κ3) is 8.49. The van der Waals surface area contributed by atoms with Crippen LogP contribution >= 0.6 is 0 Å². The lowest BCUT2D eigenvalue weighted by Gasteiger charge is -2.23. The Morgan fingerprint density at radius 3 is 1.85 bits per heavy atom. The molecule has 0 aliphatic rings. The van der Waals surface area contributed by atoms with Gasteiger partial charge in [-0.1, -0.05) is 72.2 Å². The van der Waals surface area contributed by atoms with Crippen molar-refractivity contribution in [2.24, 2.45) is 0 Å². The lowest BCUT2D eigenvalue weighted by molar-refractivity contribution is 0.306. The highest BCUT2D eigenvalue weighted by Crippen LogP contribution is 2.28. The van der Waals surface area contributed by atoms with E-state index in [-0.39, 0.29) is 0 Å². The third-order valence-corrected chi connectivity index (χ3v) is 4.95. The number of nitriles is 1. The standard InChI is InChI=1S/C30H28N2O/c31-23-11-1-2-12-26-33-30-22-10-9-21-29(30)32(24-13-19-27-15-5-3-6-16-27)25-14-20-28-17-7-4-8-18-28/h3-10,15-18,21-22H,1-2,11-12,24-26H2. The fourth-order valence-corrected chi connectivity index (χ4v) is 3.25. The average Bonchev–Trinajstić information content (AvgIpc) is 2.87. The molecule has 0 aliphatic heterocycles. The molecule has 0 spiro atoms. The Balaban J connectivity index is 1.73. The zero-order valence-electron chi connectivity index (χ0n) is 18.8. The van der Waals surface area contributed by atoms with Crippen LogP contribution in [0.15, 0.2) is 84.9 Å². The molecule has 0 heterocycles. The molecule has 0 amide bonds. The van der Waals surface area contributed by atoms with Gasteiger partial charge in [0.2, 0.25) is 0 Å². The van der Waals surface area contributed by atoms with Gasteiger partial charge in [-0.05, 0) is 55.7 Å². The first-order chi connectivity index (χ1) is 16.4. The Bertz CT molecular complexity index is 1080. The van der Waals surface area contributed by atoms with Gasteiger partial charge < -0.3 is 9.64 Å². The Kier molecular flexibility index (Phi) is 10.0. The van der Waals surface area contributed by atoms with Crippen molar-refractivity contribution in [2.75, 3.05) is 24.6 Å². The highest BCUT2D eigenvalue weighted by Gasteiger charge is 2.10. The number of benzene rings is 3. The fourth-order valence-electron chi connectivity index (χ4n) is 3.25. The molecule has 33 heavy (non-hydrogen) atoms. The van der Waals surface area contributed by atoms with E-state index in [9.17, 15) is 0 Å².